The van der Waals surface area contributed by atoms with Gasteiger partial charge < -0.3 is 74.4 Å². The Bertz CT molecular complexity index is 1810. The van der Waals surface area contributed by atoms with Crippen LogP contribution in [0.15, 0.2) is 11.6 Å². The zero-order chi connectivity index (χ0) is 46.9. The van der Waals surface area contributed by atoms with Gasteiger partial charge in [-0.1, -0.05) is 60.1 Å². The molecule has 0 amide bonds. The van der Waals surface area contributed by atoms with Gasteiger partial charge in [0, 0.05) is 0 Å². The fraction of sp³-hybridized carbons (Fsp3) is 0.915. The Morgan fingerprint density at radius 3 is 2.00 bits per heavy atom. The van der Waals surface area contributed by atoms with E-state index in [0.29, 0.717) is 18.8 Å². The van der Waals surface area contributed by atoms with Crippen LogP contribution in [0.2, 0.25) is 0 Å². The lowest BCUT2D eigenvalue weighted by atomic mass is 9.33. The lowest BCUT2D eigenvalue weighted by Crippen LogP contribution is -2.66. The molecule has 9 N–H and O–H groups in total. The molecule has 0 radical (unpaired) electrons. The van der Waals surface area contributed by atoms with Crippen molar-refractivity contribution in [1.82, 2.24) is 0 Å². The Hall–Kier alpha value is -1.84. The number of fused-ring (bicyclic) bond motifs is 7. The number of carbonyl (C=O) groups is 2. The SMILES string of the molecule is CC1OC(OC2C(OC3CCC4(C)C(CCC5(C)C4CC=C4C6CC(C)(C)CCC6(C(=O)O)CCC45C)C3(C)C)OCC(O)C2O)C(O)C(OC2OC(C(=O)O)C(O)C(O)C2O)C1O. The minimum Gasteiger partial charge on any atom is -0.481 e. The first-order valence-electron chi connectivity index (χ1n) is 23.6. The van der Waals surface area contributed by atoms with Crippen molar-refractivity contribution >= 4 is 11.9 Å². The second-order valence-electron chi connectivity index (χ2n) is 23.0. The Kier molecular flexibility index (Phi) is 12.7. The van der Waals surface area contributed by atoms with E-state index in [1.165, 1.54) is 12.5 Å². The maximum atomic E-state index is 13.1. The summed E-state index contributed by atoms with van der Waals surface area (Å²) < 4.78 is 35.9. The molecular weight excluding hydrogens is 837 g/mol. The Morgan fingerprint density at radius 2 is 1.33 bits per heavy atom. The van der Waals surface area contributed by atoms with E-state index in [1.807, 2.05) is 0 Å². The molecule has 3 aliphatic heterocycles. The maximum Gasteiger partial charge on any atom is 0.335 e. The van der Waals surface area contributed by atoms with Gasteiger partial charge in [0.05, 0.1) is 24.2 Å². The molecule has 5 aliphatic carbocycles. The lowest BCUT2D eigenvalue weighted by Gasteiger charge is -2.71. The largest absolute Gasteiger partial charge is 0.481 e. The molecule has 0 aromatic carbocycles. The predicted molar refractivity (Wildman–Crippen MR) is 224 cm³/mol. The van der Waals surface area contributed by atoms with E-state index >= 15 is 0 Å². The number of rotatable bonds is 8. The van der Waals surface area contributed by atoms with Crippen LogP contribution in [0.3, 0.4) is 0 Å². The summed E-state index contributed by atoms with van der Waals surface area (Å²) in [7, 11) is 0. The zero-order valence-corrected chi connectivity index (χ0v) is 38.5. The Labute approximate surface area is 375 Å². The van der Waals surface area contributed by atoms with Gasteiger partial charge in [-0.05, 0) is 116 Å². The average Bonchev–Trinajstić information content (AvgIpc) is 3.21. The molecule has 364 valence electrons. The minimum absolute atomic E-state index is 0.0251. The topological polar surface area (TPSA) is 272 Å². The minimum atomic E-state index is -1.99. The molecule has 8 aliphatic rings. The van der Waals surface area contributed by atoms with Crippen LogP contribution < -0.4 is 0 Å². The van der Waals surface area contributed by atoms with E-state index in [0.717, 1.165) is 51.4 Å². The third-order valence-electron chi connectivity index (χ3n) is 18.9. The number of carboxylic acid groups (broad SMARTS) is 2. The highest BCUT2D eigenvalue weighted by atomic mass is 16.8. The van der Waals surface area contributed by atoms with Crippen LogP contribution in [0, 0.1) is 50.2 Å². The fourth-order valence-electron chi connectivity index (χ4n) is 14.8. The van der Waals surface area contributed by atoms with Crippen LogP contribution in [0.1, 0.15) is 120 Å². The molecule has 17 heteroatoms. The molecular formula is C47H74O17. The summed E-state index contributed by atoms with van der Waals surface area (Å²) in [5.74, 6) is -1.68. The number of carboxylic acids is 2. The van der Waals surface area contributed by atoms with E-state index in [2.05, 4.69) is 54.5 Å². The van der Waals surface area contributed by atoms with E-state index in [9.17, 15) is 55.5 Å². The number of hydrogen-bond donors (Lipinski definition) is 9. The molecule has 7 fully saturated rings. The quantitative estimate of drug-likeness (QED) is 0.125. The van der Waals surface area contributed by atoms with Gasteiger partial charge in [-0.3, -0.25) is 4.79 Å². The number of aliphatic hydroxyl groups excluding tert-OH is 7. The van der Waals surface area contributed by atoms with E-state index in [4.69, 9.17) is 28.4 Å². The molecule has 0 aromatic rings. The van der Waals surface area contributed by atoms with Crippen molar-refractivity contribution in [3.63, 3.8) is 0 Å². The van der Waals surface area contributed by atoms with Gasteiger partial charge in [0.15, 0.2) is 25.0 Å². The van der Waals surface area contributed by atoms with Crippen LogP contribution in [-0.2, 0) is 38.0 Å². The van der Waals surface area contributed by atoms with Gasteiger partial charge in [-0.15, -0.1) is 0 Å². The number of aliphatic hydroxyl groups is 7. The number of allylic oxidation sites excluding steroid dienone is 2. The molecule has 0 bridgehead atoms. The summed E-state index contributed by atoms with van der Waals surface area (Å²) in [6.07, 6.45) is -12.8. The van der Waals surface area contributed by atoms with E-state index < -0.39 is 109 Å². The van der Waals surface area contributed by atoms with Crippen molar-refractivity contribution in [2.45, 2.75) is 212 Å². The summed E-state index contributed by atoms with van der Waals surface area (Å²) in [5, 5.41) is 96.1. The first-order chi connectivity index (χ1) is 29.7. The van der Waals surface area contributed by atoms with Crippen LogP contribution in [0.4, 0.5) is 0 Å². The Balaban J connectivity index is 0.999. The second kappa shape index (κ2) is 16.7. The fourth-order valence-corrected chi connectivity index (χ4v) is 14.8. The predicted octanol–water partition coefficient (Wildman–Crippen LogP) is 2.47. The highest BCUT2D eigenvalue weighted by Gasteiger charge is 2.70. The van der Waals surface area contributed by atoms with Crippen LogP contribution >= 0.6 is 0 Å². The molecule has 0 spiro atoms. The first-order valence-corrected chi connectivity index (χ1v) is 23.6. The smallest absolute Gasteiger partial charge is 0.335 e. The normalized spacial score (nSPS) is 53.4. The molecule has 3 saturated heterocycles. The van der Waals surface area contributed by atoms with Crippen molar-refractivity contribution in [3.8, 4) is 0 Å². The molecule has 0 aromatic heterocycles. The van der Waals surface area contributed by atoms with E-state index in [-0.39, 0.29) is 46.2 Å². The second-order valence-corrected chi connectivity index (χ2v) is 23.0. The summed E-state index contributed by atoms with van der Waals surface area (Å²) in [5.41, 5.74) is 0.0959. The molecule has 17 nitrogen and oxygen atoms in total. The Morgan fingerprint density at radius 1 is 0.672 bits per heavy atom. The summed E-state index contributed by atoms with van der Waals surface area (Å²) in [6, 6.07) is 0. The number of aliphatic carboxylic acids is 2. The van der Waals surface area contributed by atoms with Gasteiger partial charge in [0.1, 0.15) is 54.9 Å². The van der Waals surface area contributed by atoms with Gasteiger partial charge in [-0.2, -0.15) is 0 Å². The molecule has 22 unspecified atom stereocenters. The molecule has 4 saturated carbocycles. The van der Waals surface area contributed by atoms with Crippen molar-refractivity contribution in [2.24, 2.45) is 50.2 Å². The lowest BCUT2D eigenvalue weighted by molar-refractivity contribution is -0.381. The third-order valence-corrected chi connectivity index (χ3v) is 18.9. The van der Waals surface area contributed by atoms with Crippen molar-refractivity contribution in [3.05, 3.63) is 11.6 Å². The van der Waals surface area contributed by atoms with Crippen LogP contribution in [0.5, 0.6) is 0 Å². The third kappa shape index (κ3) is 7.45. The summed E-state index contributed by atoms with van der Waals surface area (Å²) in [4.78, 5) is 24.8. The molecule has 64 heavy (non-hydrogen) atoms. The van der Waals surface area contributed by atoms with Crippen molar-refractivity contribution in [1.29, 1.82) is 0 Å². The van der Waals surface area contributed by atoms with Gasteiger partial charge in [-0.25, -0.2) is 4.79 Å². The number of hydrogen-bond acceptors (Lipinski definition) is 15. The van der Waals surface area contributed by atoms with Crippen molar-refractivity contribution in [2.75, 3.05) is 6.61 Å². The van der Waals surface area contributed by atoms with Gasteiger partial charge >= 0.3 is 11.9 Å². The van der Waals surface area contributed by atoms with Gasteiger partial charge in [0.2, 0.25) is 0 Å². The summed E-state index contributed by atoms with van der Waals surface area (Å²) >= 11 is 0. The average molecular weight is 911 g/mol. The molecule has 8 rings (SSSR count). The van der Waals surface area contributed by atoms with Crippen LogP contribution in [-0.4, -0.2) is 157 Å². The van der Waals surface area contributed by atoms with E-state index in [1.54, 1.807) is 0 Å². The first kappa shape index (κ1) is 48.6. The highest BCUT2D eigenvalue weighted by Crippen LogP contribution is 2.76. The molecule has 3 heterocycles. The molecule has 22 atom stereocenters. The van der Waals surface area contributed by atoms with Crippen molar-refractivity contribution < 1.29 is 84.0 Å². The summed E-state index contributed by atoms with van der Waals surface area (Å²) in [6.45, 7) is 17.5. The monoisotopic (exact) mass is 910 g/mol. The standard InChI is InChI=1S/C47H74O17/c1-21-28(49)34(62-38-32(53)30(51)31(52)35(63-38)37(55)56)33(54)39(60-21)64-36-29(50)24(48)20-59-40(36)61-27-12-13-44(6)25(43(27,4)5)11-14-46(8)26(44)10-9-22-23-19-42(2,3)15-17-47(23,41(57)58)18-16-45(22,46)7/h9,21,23-36,38-40,48-54H,10-20H2,1-8H3,(H,55,56)(H,57,58). The van der Waals surface area contributed by atoms with Crippen LogP contribution in [0.25, 0.3) is 0 Å². The highest BCUT2D eigenvalue weighted by molar-refractivity contribution is 5.76. The number of ether oxygens (including phenoxy) is 6. The maximum absolute atomic E-state index is 13.1. The zero-order valence-electron chi connectivity index (χ0n) is 38.5. The van der Waals surface area contributed by atoms with Gasteiger partial charge in [0.25, 0.3) is 0 Å².